The molecule has 146 valence electrons. The maximum absolute atomic E-state index is 12.0. The number of hydrogen-bond donors (Lipinski definition) is 2. The summed E-state index contributed by atoms with van der Waals surface area (Å²) >= 11 is 5.68. The summed E-state index contributed by atoms with van der Waals surface area (Å²) in [6.45, 7) is 1.29. The van der Waals surface area contributed by atoms with E-state index in [0.29, 0.717) is 5.92 Å². The topological polar surface area (TPSA) is 128 Å². The van der Waals surface area contributed by atoms with E-state index in [0.717, 1.165) is 37.8 Å². The van der Waals surface area contributed by atoms with Crippen molar-refractivity contribution in [1.29, 1.82) is 0 Å². The minimum absolute atomic E-state index is 0.00850. The maximum atomic E-state index is 12.0. The van der Waals surface area contributed by atoms with Crippen LogP contribution in [-0.4, -0.2) is 35.5 Å². The summed E-state index contributed by atoms with van der Waals surface area (Å²) < 4.78 is 4.75. The quantitative estimate of drug-likeness (QED) is 0.446. The molecule has 10 heteroatoms. The van der Waals surface area contributed by atoms with Crippen LogP contribution >= 0.6 is 11.6 Å². The molecule has 27 heavy (non-hydrogen) atoms. The van der Waals surface area contributed by atoms with Crippen LogP contribution in [0.5, 0.6) is 0 Å². The highest BCUT2D eigenvalue weighted by Gasteiger charge is 2.25. The predicted octanol–water partition coefficient (Wildman–Crippen LogP) is 2.81. The Balaban J connectivity index is 1.85. The van der Waals surface area contributed by atoms with Crippen molar-refractivity contribution >= 4 is 35.2 Å². The summed E-state index contributed by atoms with van der Waals surface area (Å²) in [5.41, 5.74) is -0.866. The van der Waals surface area contributed by atoms with Gasteiger partial charge >= 0.3 is 12.0 Å². The third-order valence-corrected chi connectivity index (χ3v) is 4.63. The summed E-state index contributed by atoms with van der Waals surface area (Å²) in [6, 6.07) is 2.77. The lowest BCUT2D eigenvalue weighted by molar-refractivity contribution is -0.385. The van der Waals surface area contributed by atoms with Crippen LogP contribution in [0, 0.1) is 16.0 Å². The molecule has 1 aromatic rings. The van der Waals surface area contributed by atoms with Crippen LogP contribution in [0.25, 0.3) is 0 Å². The molecule has 0 heterocycles. The number of rotatable bonds is 5. The molecule has 2 rings (SSSR count). The predicted molar refractivity (Wildman–Crippen MR) is 96.5 cm³/mol. The van der Waals surface area contributed by atoms with E-state index < -0.39 is 35.1 Å². The second-order valence-electron chi connectivity index (χ2n) is 6.38. The number of benzene rings is 1. The lowest BCUT2D eigenvalue weighted by Crippen LogP contribution is -2.48. The number of urea groups is 1. The van der Waals surface area contributed by atoms with Crippen LogP contribution in [0.3, 0.4) is 0 Å². The Morgan fingerprint density at radius 3 is 2.67 bits per heavy atom. The van der Waals surface area contributed by atoms with E-state index in [4.69, 9.17) is 16.3 Å². The minimum Gasteiger partial charge on any atom is -0.452 e. The Morgan fingerprint density at radius 2 is 2.00 bits per heavy atom. The van der Waals surface area contributed by atoms with Crippen molar-refractivity contribution in [2.75, 3.05) is 6.61 Å². The number of halogens is 1. The van der Waals surface area contributed by atoms with Crippen molar-refractivity contribution in [2.45, 2.75) is 38.6 Å². The molecule has 1 aromatic carbocycles. The molecule has 0 spiro atoms. The fraction of sp³-hybridized carbons (Fsp3) is 0.471. The third kappa shape index (κ3) is 5.92. The SMILES string of the molecule is C[C@@H]1CCCC[C@@H]1NC(=O)NC(=O)COC(=O)c1ccc(Cl)cc1[N+](=O)[O-]. The first-order valence-electron chi connectivity index (χ1n) is 8.49. The van der Waals surface area contributed by atoms with E-state index in [1.54, 1.807) is 0 Å². The van der Waals surface area contributed by atoms with E-state index in [-0.39, 0.29) is 16.6 Å². The molecule has 2 atom stereocenters. The van der Waals surface area contributed by atoms with E-state index in [9.17, 15) is 24.5 Å². The minimum atomic E-state index is -1.06. The van der Waals surface area contributed by atoms with Gasteiger partial charge in [0.1, 0.15) is 5.56 Å². The molecule has 1 saturated carbocycles. The van der Waals surface area contributed by atoms with E-state index >= 15 is 0 Å². The summed E-state index contributed by atoms with van der Waals surface area (Å²) in [7, 11) is 0. The van der Waals surface area contributed by atoms with Crippen LogP contribution in [-0.2, 0) is 9.53 Å². The molecule has 9 nitrogen and oxygen atoms in total. The number of hydrogen-bond acceptors (Lipinski definition) is 6. The Labute approximate surface area is 160 Å². The number of nitrogens with one attached hydrogen (secondary N) is 2. The number of nitro groups is 1. The number of carbonyl (C=O) groups is 3. The zero-order valence-electron chi connectivity index (χ0n) is 14.7. The summed E-state index contributed by atoms with van der Waals surface area (Å²) in [5.74, 6) is -1.57. The van der Waals surface area contributed by atoms with Gasteiger partial charge in [0.25, 0.3) is 11.6 Å². The van der Waals surface area contributed by atoms with Crippen molar-refractivity contribution in [2.24, 2.45) is 5.92 Å². The van der Waals surface area contributed by atoms with E-state index in [1.165, 1.54) is 6.07 Å². The number of amides is 3. The number of carbonyl (C=O) groups excluding carboxylic acids is 3. The van der Waals surface area contributed by atoms with Crippen LogP contribution in [0.15, 0.2) is 18.2 Å². The highest BCUT2D eigenvalue weighted by molar-refractivity contribution is 6.31. The van der Waals surface area contributed by atoms with Crippen molar-refractivity contribution < 1.29 is 24.0 Å². The lowest BCUT2D eigenvalue weighted by atomic mass is 9.86. The number of nitro benzene ring substituents is 1. The molecule has 0 aliphatic heterocycles. The fourth-order valence-corrected chi connectivity index (χ4v) is 3.10. The maximum Gasteiger partial charge on any atom is 0.345 e. The molecule has 1 aliphatic rings. The van der Waals surface area contributed by atoms with Crippen LogP contribution < -0.4 is 10.6 Å². The van der Waals surface area contributed by atoms with Crippen molar-refractivity contribution in [3.05, 3.63) is 38.9 Å². The first-order chi connectivity index (χ1) is 12.8. The second-order valence-corrected chi connectivity index (χ2v) is 6.82. The molecule has 0 aromatic heterocycles. The molecule has 0 bridgehead atoms. The normalized spacial score (nSPS) is 19.0. The van der Waals surface area contributed by atoms with Gasteiger partial charge in [-0.3, -0.25) is 20.2 Å². The molecule has 0 radical (unpaired) electrons. The van der Waals surface area contributed by atoms with Gasteiger partial charge in [-0.05, 0) is 30.9 Å². The highest BCUT2D eigenvalue weighted by Crippen LogP contribution is 2.24. The van der Waals surface area contributed by atoms with Gasteiger partial charge in [-0.25, -0.2) is 9.59 Å². The van der Waals surface area contributed by atoms with Crippen LogP contribution in [0.1, 0.15) is 43.0 Å². The first kappa shape index (κ1) is 20.6. The molecule has 0 unspecified atom stereocenters. The monoisotopic (exact) mass is 397 g/mol. The first-order valence-corrected chi connectivity index (χ1v) is 8.87. The molecule has 1 aliphatic carbocycles. The standard InChI is InChI=1S/C17H20ClN3O6/c1-10-4-2-3-5-13(10)19-17(24)20-15(22)9-27-16(23)12-7-6-11(18)8-14(12)21(25)26/h6-8,10,13H,2-5,9H2,1H3,(H2,19,20,22,24)/t10-,13+/m1/s1. The van der Waals surface area contributed by atoms with Gasteiger partial charge in [-0.1, -0.05) is 31.4 Å². The molecule has 3 amide bonds. The molecule has 2 N–H and O–H groups in total. The average molecular weight is 398 g/mol. The van der Waals surface area contributed by atoms with E-state index in [2.05, 4.69) is 10.6 Å². The lowest BCUT2D eigenvalue weighted by Gasteiger charge is -2.29. The van der Waals surface area contributed by atoms with Crippen molar-refractivity contribution in [3.8, 4) is 0 Å². The number of esters is 1. The Bertz CT molecular complexity index is 754. The zero-order chi connectivity index (χ0) is 20.0. The van der Waals surface area contributed by atoms with Gasteiger partial charge in [-0.2, -0.15) is 0 Å². The molecule has 1 fully saturated rings. The molecule has 0 saturated heterocycles. The summed E-state index contributed by atoms with van der Waals surface area (Å²) in [5, 5.41) is 15.9. The van der Waals surface area contributed by atoms with E-state index in [1.807, 2.05) is 6.92 Å². The number of imide groups is 1. The second kappa shape index (κ2) is 9.31. The van der Waals surface area contributed by atoms with Crippen molar-refractivity contribution in [1.82, 2.24) is 10.6 Å². The Hall–Kier alpha value is -2.68. The Morgan fingerprint density at radius 1 is 1.30 bits per heavy atom. The zero-order valence-corrected chi connectivity index (χ0v) is 15.5. The smallest absolute Gasteiger partial charge is 0.345 e. The summed E-state index contributed by atoms with van der Waals surface area (Å²) in [6.07, 6.45) is 3.99. The van der Waals surface area contributed by atoms with Crippen molar-refractivity contribution in [3.63, 3.8) is 0 Å². The van der Waals surface area contributed by atoms with Gasteiger partial charge < -0.3 is 10.1 Å². The van der Waals surface area contributed by atoms with Gasteiger partial charge in [0.15, 0.2) is 6.61 Å². The van der Waals surface area contributed by atoms with Crippen LogP contribution in [0.2, 0.25) is 5.02 Å². The van der Waals surface area contributed by atoms with Gasteiger partial charge in [-0.15, -0.1) is 0 Å². The van der Waals surface area contributed by atoms with Gasteiger partial charge in [0.2, 0.25) is 0 Å². The fourth-order valence-electron chi connectivity index (χ4n) is 2.94. The molecular weight excluding hydrogens is 378 g/mol. The van der Waals surface area contributed by atoms with Gasteiger partial charge in [0.05, 0.1) is 4.92 Å². The van der Waals surface area contributed by atoms with Gasteiger partial charge in [0, 0.05) is 17.1 Å². The average Bonchev–Trinajstić information content (AvgIpc) is 2.61. The molecular formula is C17H20ClN3O6. The largest absolute Gasteiger partial charge is 0.452 e. The highest BCUT2D eigenvalue weighted by atomic mass is 35.5. The Kier molecular flexibility index (Phi) is 7.12. The van der Waals surface area contributed by atoms with Crippen LogP contribution in [0.4, 0.5) is 10.5 Å². The number of ether oxygens (including phenoxy) is 1. The number of nitrogens with zero attached hydrogens (tertiary/aromatic N) is 1. The third-order valence-electron chi connectivity index (χ3n) is 4.39. The summed E-state index contributed by atoms with van der Waals surface area (Å²) in [4.78, 5) is 45.8.